The number of thiocarbonyl (C=S) groups is 1. The summed E-state index contributed by atoms with van der Waals surface area (Å²) in [6.07, 6.45) is 0. The molecule has 0 saturated carbocycles. The lowest BCUT2D eigenvalue weighted by molar-refractivity contribution is 0.0814. The second-order valence-electron chi connectivity index (χ2n) is 3.59. The zero-order valence-electron chi connectivity index (χ0n) is 9.16. The minimum absolute atomic E-state index is 0.213. The molecule has 0 fully saturated rings. The summed E-state index contributed by atoms with van der Waals surface area (Å²) in [5, 5.41) is 0. The first-order valence-corrected chi connectivity index (χ1v) is 5.12. The van der Waals surface area contributed by atoms with Crippen LogP contribution in [-0.2, 0) is 0 Å². The summed E-state index contributed by atoms with van der Waals surface area (Å²) in [4.78, 5) is 13.6. The number of amides is 1. The first kappa shape index (κ1) is 12.6. The number of hydrogen-bond donors (Lipinski definition) is 1. The fraction of sp³-hybridized carbons (Fsp3) is 0.273. The van der Waals surface area contributed by atoms with Crippen LogP contribution in [0.3, 0.4) is 0 Å². The molecule has 1 aromatic carbocycles. The van der Waals surface area contributed by atoms with Gasteiger partial charge in [0.2, 0.25) is 0 Å². The summed E-state index contributed by atoms with van der Waals surface area (Å²) in [5.74, 6) is -0.573. The highest BCUT2D eigenvalue weighted by Gasteiger charge is 2.14. The van der Waals surface area contributed by atoms with E-state index in [9.17, 15) is 9.18 Å². The van der Waals surface area contributed by atoms with E-state index < -0.39 is 0 Å². The summed E-state index contributed by atoms with van der Waals surface area (Å²) >= 11 is 4.72. The number of halogens is 1. The highest BCUT2D eigenvalue weighted by molar-refractivity contribution is 7.80. The maximum Gasteiger partial charge on any atom is 0.254 e. The Labute approximate surface area is 99.0 Å². The second kappa shape index (κ2) is 5.03. The molecule has 0 bridgehead atoms. The fourth-order valence-corrected chi connectivity index (χ4v) is 1.57. The molecule has 0 spiro atoms. The molecule has 5 heteroatoms. The number of benzene rings is 1. The number of carbonyl (C=O) groups excluding carboxylic acids is 1. The van der Waals surface area contributed by atoms with Crippen molar-refractivity contribution in [1.29, 1.82) is 0 Å². The predicted octanol–water partition coefficient (Wildman–Crippen LogP) is 1.49. The largest absolute Gasteiger partial charge is 0.392 e. The Kier molecular flexibility index (Phi) is 3.95. The highest BCUT2D eigenvalue weighted by atomic mass is 32.1. The predicted molar refractivity (Wildman–Crippen MR) is 64.9 cm³/mol. The van der Waals surface area contributed by atoms with E-state index in [1.165, 1.54) is 23.1 Å². The van der Waals surface area contributed by atoms with Gasteiger partial charge in [-0.25, -0.2) is 4.39 Å². The van der Waals surface area contributed by atoms with E-state index >= 15 is 0 Å². The summed E-state index contributed by atoms with van der Waals surface area (Å²) < 4.78 is 12.9. The molecule has 0 unspecified atom stereocenters. The van der Waals surface area contributed by atoms with Crippen LogP contribution in [0.15, 0.2) is 18.2 Å². The number of carbonyl (C=O) groups is 1. The maximum atomic E-state index is 12.9. The van der Waals surface area contributed by atoms with E-state index in [0.717, 1.165) is 0 Å². The average molecular weight is 240 g/mol. The quantitative estimate of drug-likeness (QED) is 0.814. The summed E-state index contributed by atoms with van der Waals surface area (Å²) in [7, 11) is 1.60. The van der Waals surface area contributed by atoms with Crippen molar-refractivity contribution in [1.82, 2.24) is 4.90 Å². The molecule has 0 atom stereocenters. The summed E-state index contributed by atoms with van der Waals surface area (Å²) in [5.41, 5.74) is 6.40. The zero-order valence-corrected chi connectivity index (χ0v) is 9.97. The van der Waals surface area contributed by atoms with Gasteiger partial charge in [0.15, 0.2) is 0 Å². The standard InChI is InChI=1S/C11H13FN2OS/c1-7-5-8(12)3-4-9(7)11(15)14(2)6-10(13)16/h3-5H,6H2,1-2H3,(H2,13,16). The third kappa shape index (κ3) is 3.00. The third-order valence-corrected chi connectivity index (χ3v) is 2.29. The van der Waals surface area contributed by atoms with Gasteiger partial charge >= 0.3 is 0 Å². The number of hydrogen-bond acceptors (Lipinski definition) is 2. The Morgan fingerprint density at radius 2 is 2.19 bits per heavy atom. The Morgan fingerprint density at radius 3 is 2.69 bits per heavy atom. The Hall–Kier alpha value is -1.49. The Bertz CT molecular complexity index is 434. The molecule has 3 nitrogen and oxygen atoms in total. The van der Waals surface area contributed by atoms with Gasteiger partial charge in [0, 0.05) is 12.6 Å². The van der Waals surface area contributed by atoms with E-state index in [-0.39, 0.29) is 23.3 Å². The molecular weight excluding hydrogens is 227 g/mol. The Morgan fingerprint density at radius 1 is 1.56 bits per heavy atom. The van der Waals surface area contributed by atoms with E-state index in [0.29, 0.717) is 11.1 Å². The first-order chi connectivity index (χ1) is 7.41. The van der Waals surface area contributed by atoms with Crippen LogP contribution in [0.2, 0.25) is 0 Å². The van der Waals surface area contributed by atoms with Crippen molar-refractivity contribution in [3.05, 3.63) is 35.1 Å². The second-order valence-corrected chi connectivity index (χ2v) is 4.11. The van der Waals surface area contributed by atoms with Crippen LogP contribution >= 0.6 is 12.2 Å². The SMILES string of the molecule is Cc1cc(F)ccc1C(=O)N(C)CC(N)=S. The van der Waals surface area contributed by atoms with Gasteiger partial charge < -0.3 is 10.6 Å². The van der Waals surface area contributed by atoms with Crippen molar-refractivity contribution in [3.8, 4) is 0 Å². The molecule has 86 valence electrons. The molecule has 16 heavy (non-hydrogen) atoms. The highest BCUT2D eigenvalue weighted by Crippen LogP contribution is 2.12. The van der Waals surface area contributed by atoms with Crippen LogP contribution in [0, 0.1) is 12.7 Å². The minimum Gasteiger partial charge on any atom is -0.392 e. The molecule has 0 saturated heterocycles. The van der Waals surface area contributed by atoms with Gasteiger partial charge in [-0.1, -0.05) is 12.2 Å². The lowest BCUT2D eigenvalue weighted by Crippen LogP contribution is -2.34. The Balaban J connectivity index is 2.92. The molecule has 0 radical (unpaired) electrons. The van der Waals surface area contributed by atoms with Gasteiger partial charge in [-0.2, -0.15) is 0 Å². The monoisotopic (exact) mass is 240 g/mol. The maximum absolute atomic E-state index is 12.9. The lowest BCUT2D eigenvalue weighted by atomic mass is 10.1. The van der Waals surface area contributed by atoms with E-state index in [2.05, 4.69) is 0 Å². The van der Waals surface area contributed by atoms with Crippen molar-refractivity contribution in [2.45, 2.75) is 6.92 Å². The summed E-state index contributed by atoms with van der Waals surface area (Å²) in [6, 6.07) is 4.04. The molecule has 0 aliphatic carbocycles. The van der Waals surface area contributed by atoms with Gasteiger partial charge in [0.05, 0.1) is 11.5 Å². The molecule has 0 aliphatic heterocycles. The molecule has 1 amide bonds. The number of aryl methyl sites for hydroxylation is 1. The van der Waals surface area contributed by atoms with Crippen LogP contribution in [0.4, 0.5) is 4.39 Å². The van der Waals surface area contributed by atoms with E-state index in [4.69, 9.17) is 18.0 Å². The van der Waals surface area contributed by atoms with Crippen molar-refractivity contribution in [3.63, 3.8) is 0 Å². The number of rotatable bonds is 3. The van der Waals surface area contributed by atoms with Crippen LogP contribution in [-0.4, -0.2) is 29.4 Å². The molecule has 0 aliphatic rings. The topological polar surface area (TPSA) is 46.3 Å². The van der Waals surface area contributed by atoms with Crippen molar-refractivity contribution in [2.75, 3.05) is 13.6 Å². The van der Waals surface area contributed by atoms with Crippen LogP contribution in [0.1, 0.15) is 15.9 Å². The number of nitrogens with zero attached hydrogens (tertiary/aromatic N) is 1. The van der Waals surface area contributed by atoms with Crippen LogP contribution in [0.5, 0.6) is 0 Å². The molecule has 0 aromatic heterocycles. The molecule has 0 heterocycles. The average Bonchev–Trinajstić information content (AvgIpc) is 2.15. The fourth-order valence-electron chi connectivity index (χ4n) is 1.38. The normalized spacial score (nSPS) is 9.94. The van der Waals surface area contributed by atoms with Gasteiger partial charge in [-0.05, 0) is 30.7 Å². The molecule has 1 rings (SSSR count). The smallest absolute Gasteiger partial charge is 0.254 e. The van der Waals surface area contributed by atoms with Crippen molar-refractivity contribution < 1.29 is 9.18 Å². The first-order valence-electron chi connectivity index (χ1n) is 4.71. The van der Waals surface area contributed by atoms with Gasteiger partial charge in [-0.3, -0.25) is 4.79 Å². The van der Waals surface area contributed by atoms with Crippen molar-refractivity contribution >= 4 is 23.1 Å². The number of nitrogens with two attached hydrogens (primary N) is 1. The molecular formula is C11H13FN2OS. The molecule has 2 N–H and O–H groups in total. The van der Waals surface area contributed by atoms with Crippen LogP contribution < -0.4 is 5.73 Å². The van der Waals surface area contributed by atoms with Crippen molar-refractivity contribution in [2.24, 2.45) is 5.73 Å². The minimum atomic E-state index is -0.356. The van der Waals surface area contributed by atoms with Crippen LogP contribution in [0.25, 0.3) is 0 Å². The van der Waals surface area contributed by atoms with Gasteiger partial charge in [0.1, 0.15) is 5.82 Å². The molecule has 1 aromatic rings. The van der Waals surface area contributed by atoms with E-state index in [1.54, 1.807) is 14.0 Å². The lowest BCUT2D eigenvalue weighted by Gasteiger charge is -2.17. The number of likely N-dealkylation sites (N-methyl/N-ethyl adjacent to an activating group) is 1. The third-order valence-electron chi connectivity index (χ3n) is 2.16. The van der Waals surface area contributed by atoms with Gasteiger partial charge in [0.25, 0.3) is 5.91 Å². The van der Waals surface area contributed by atoms with E-state index in [1.807, 2.05) is 0 Å². The summed E-state index contributed by atoms with van der Waals surface area (Å²) in [6.45, 7) is 1.90. The van der Waals surface area contributed by atoms with Gasteiger partial charge in [-0.15, -0.1) is 0 Å². The zero-order chi connectivity index (χ0) is 12.3.